The molecule has 0 heterocycles. The Hall–Kier alpha value is 1.77. The summed E-state index contributed by atoms with van der Waals surface area (Å²) in [7, 11) is 0. The van der Waals surface area contributed by atoms with Gasteiger partial charge in [0, 0.05) is 0 Å². The molecule has 0 bridgehead atoms. The van der Waals surface area contributed by atoms with E-state index in [-0.39, 0.29) is 70.3 Å². The minimum absolute atomic E-state index is 0. The first-order valence-corrected chi connectivity index (χ1v) is 2.90. The predicted molar refractivity (Wildman–Crippen MR) is 22.1 cm³/mol. The molecule has 0 fully saturated rings. The monoisotopic (exact) mass is 333 g/mol. The van der Waals surface area contributed by atoms with Crippen molar-refractivity contribution >= 4 is 11.4 Å². The van der Waals surface area contributed by atoms with Crippen molar-refractivity contribution in [1.82, 2.24) is 0 Å². The Morgan fingerprint density at radius 2 is 1.58 bits per heavy atom. The average Bonchev–Trinajstić information content (AvgIpc) is 1.56. The van der Waals surface area contributed by atoms with Crippen molar-refractivity contribution in [1.29, 1.82) is 0 Å². The normalized spacial score (nSPS) is 15.2. The van der Waals surface area contributed by atoms with Gasteiger partial charge in [0.15, 0.2) is 0 Å². The Bertz CT molecular complexity index is 174. The van der Waals surface area contributed by atoms with Crippen molar-refractivity contribution in [3.63, 3.8) is 0 Å². The van der Waals surface area contributed by atoms with Gasteiger partial charge in [-0.25, -0.2) is 8.39 Å². The quantitative estimate of drug-likeness (QED) is 0.437. The van der Waals surface area contributed by atoms with Gasteiger partial charge in [-0.15, -0.1) is 0 Å². The minimum atomic E-state index is -6.02. The number of halogens is 5. The maximum atomic E-state index is 11.4. The van der Waals surface area contributed by atoms with Crippen LogP contribution >= 0.6 is 0 Å². The van der Waals surface area contributed by atoms with Gasteiger partial charge in [-0.1, -0.05) is 0 Å². The third-order valence-corrected chi connectivity index (χ3v) is 0.848. The summed E-state index contributed by atoms with van der Waals surface area (Å²) in [4.78, 5) is 0. The van der Waals surface area contributed by atoms with Crippen LogP contribution in [0, 0.1) is 0 Å². The first-order chi connectivity index (χ1) is 4.67. The van der Waals surface area contributed by atoms with Gasteiger partial charge >= 0.3 is 81.2 Å². The van der Waals surface area contributed by atoms with Crippen LogP contribution in [0.25, 0.3) is 0 Å². The third-order valence-electron chi connectivity index (χ3n) is 0.503. The van der Waals surface area contributed by atoms with E-state index in [1.807, 2.05) is 0 Å². The molecule has 0 radical (unpaired) electrons. The van der Waals surface area contributed by atoms with Crippen LogP contribution in [-0.4, -0.2) is 21.0 Å². The smallest absolute Gasteiger partial charge is 1.00 e. The number of hydrogen-bond acceptors (Lipinski definition) is 3. The van der Waals surface area contributed by atoms with Gasteiger partial charge in [-0.3, -0.25) is 0 Å². The Labute approximate surface area is 126 Å². The SMILES string of the molecule is O=S([O-])OC(F)(F)C(F)(F)F.[Cs+].[H-]. The molecule has 0 saturated heterocycles. The third kappa shape index (κ3) is 5.49. The molecule has 0 aliphatic rings. The van der Waals surface area contributed by atoms with Crippen molar-refractivity contribution in [2.24, 2.45) is 0 Å². The molecule has 0 saturated carbocycles. The molecule has 0 spiro atoms. The number of rotatable bonds is 2. The molecule has 0 aromatic rings. The van der Waals surface area contributed by atoms with E-state index in [1.165, 1.54) is 0 Å². The van der Waals surface area contributed by atoms with Gasteiger partial charge in [0.05, 0.1) is 11.4 Å². The summed E-state index contributed by atoms with van der Waals surface area (Å²) in [5.74, 6) is 0. The molecule has 0 N–H and O–H groups in total. The molecule has 12 heavy (non-hydrogen) atoms. The maximum Gasteiger partial charge on any atom is 1.00 e. The van der Waals surface area contributed by atoms with Crippen molar-refractivity contribution in [2.45, 2.75) is 12.3 Å². The Morgan fingerprint density at radius 3 is 1.67 bits per heavy atom. The summed E-state index contributed by atoms with van der Waals surface area (Å²) in [6.45, 7) is 0. The van der Waals surface area contributed by atoms with Gasteiger partial charge in [0.25, 0.3) is 0 Å². The molecule has 0 aliphatic heterocycles. The molecule has 10 heteroatoms. The van der Waals surface area contributed by atoms with Crippen molar-refractivity contribution in [2.75, 3.05) is 0 Å². The Morgan fingerprint density at radius 1 is 1.25 bits per heavy atom. The van der Waals surface area contributed by atoms with Crippen LogP contribution in [0.2, 0.25) is 0 Å². The van der Waals surface area contributed by atoms with E-state index in [0.717, 1.165) is 0 Å². The van der Waals surface area contributed by atoms with E-state index in [9.17, 15) is 30.7 Å². The van der Waals surface area contributed by atoms with Gasteiger partial charge in [0.1, 0.15) is 0 Å². The first kappa shape index (κ1) is 16.2. The zero-order valence-corrected chi connectivity index (χ0v) is 12.6. The second kappa shape index (κ2) is 5.60. The Kier molecular flexibility index (Phi) is 7.57. The van der Waals surface area contributed by atoms with Gasteiger partial charge in [-0.2, -0.15) is 22.0 Å². The molecule has 1 unspecified atom stereocenters. The zero-order chi connectivity index (χ0) is 9.28. The largest absolute Gasteiger partial charge is 1.00 e. The van der Waals surface area contributed by atoms with Crippen LogP contribution in [0.15, 0.2) is 0 Å². The zero-order valence-electron chi connectivity index (χ0n) is 6.52. The fourth-order valence-electron chi connectivity index (χ4n) is 0.133. The van der Waals surface area contributed by atoms with Crippen LogP contribution in [0.5, 0.6) is 0 Å². The molecular weight excluding hydrogens is 332 g/mol. The second-order valence-corrected chi connectivity index (χ2v) is 1.88. The minimum Gasteiger partial charge on any atom is -1.00 e. The van der Waals surface area contributed by atoms with Crippen LogP contribution in [-0.2, 0) is 15.5 Å². The molecule has 0 aromatic carbocycles. The number of alkyl halides is 5. The fraction of sp³-hybridized carbons (Fsp3) is 1.00. The summed E-state index contributed by atoms with van der Waals surface area (Å²) < 4.78 is 76.8. The summed E-state index contributed by atoms with van der Waals surface area (Å²) in [5, 5.41) is 0. The summed E-state index contributed by atoms with van der Waals surface area (Å²) >= 11 is -3.90. The maximum absolute atomic E-state index is 11.4. The average molecular weight is 333 g/mol. The van der Waals surface area contributed by atoms with E-state index >= 15 is 0 Å². The van der Waals surface area contributed by atoms with E-state index in [1.54, 1.807) is 0 Å². The van der Waals surface area contributed by atoms with E-state index in [4.69, 9.17) is 0 Å². The summed E-state index contributed by atoms with van der Waals surface area (Å²) in [5.41, 5.74) is 0. The second-order valence-electron chi connectivity index (χ2n) is 1.30. The van der Waals surface area contributed by atoms with E-state index < -0.39 is 23.6 Å². The van der Waals surface area contributed by atoms with Crippen molar-refractivity contribution in [3.05, 3.63) is 0 Å². The molecule has 0 aliphatic carbocycles. The summed E-state index contributed by atoms with van der Waals surface area (Å²) in [6, 6.07) is 0. The predicted octanol–water partition coefficient (Wildman–Crippen LogP) is -1.93. The van der Waals surface area contributed by atoms with Crippen molar-refractivity contribution in [3.8, 4) is 0 Å². The van der Waals surface area contributed by atoms with Gasteiger partial charge < -0.3 is 5.98 Å². The molecule has 3 nitrogen and oxygen atoms in total. The van der Waals surface area contributed by atoms with E-state index in [0.29, 0.717) is 0 Å². The van der Waals surface area contributed by atoms with Crippen LogP contribution in [0.4, 0.5) is 22.0 Å². The Balaban J connectivity index is -0.000000500. The standard InChI is InChI=1S/C2HF5O3S.Cs.H/c3-1(4,5)2(6,7)10-11(8)9;;/h(H,8,9);;/q;+1;-1/p-1. The molecule has 0 aromatic heterocycles. The fourth-order valence-corrected chi connectivity index (χ4v) is 0.398. The van der Waals surface area contributed by atoms with E-state index in [2.05, 4.69) is 4.18 Å². The van der Waals surface area contributed by atoms with Crippen LogP contribution in [0.1, 0.15) is 1.43 Å². The van der Waals surface area contributed by atoms with Gasteiger partial charge in [0.2, 0.25) is 0 Å². The van der Waals surface area contributed by atoms with Crippen LogP contribution in [0.3, 0.4) is 0 Å². The first-order valence-electron chi connectivity index (χ1n) is 1.90. The molecule has 0 rings (SSSR count). The van der Waals surface area contributed by atoms with Crippen LogP contribution < -0.4 is 68.9 Å². The number of hydrogen-bond donors (Lipinski definition) is 0. The van der Waals surface area contributed by atoms with Gasteiger partial charge in [-0.05, 0) is 0 Å². The topological polar surface area (TPSA) is 49.4 Å². The summed E-state index contributed by atoms with van der Waals surface area (Å²) in [6.07, 6.45) is -11.7. The molecular formula is C2HCsF5O3S-. The molecule has 1 atom stereocenters. The molecule has 70 valence electrons. The molecule has 0 amide bonds. The van der Waals surface area contributed by atoms with Crippen molar-refractivity contribution < 1.29 is 105 Å².